The van der Waals surface area contributed by atoms with Gasteiger partial charge in [0, 0.05) is 4.88 Å². The first-order valence-corrected chi connectivity index (χ1v) is 8.73. The number of amides is 1. The average molecular weight is 338 g/mol. The molecule has 1 unspecified atom stereocenters. The van der Waals surface area contributed by atoms with Crippen LogP contribution in [0, 0.1) is 11.3 Å². The molecule has 2 rings (SSSR count). The van der Waals surface area contributed by atoms with Crippen LogP contribution < -0.4 is 5.32 Å². The van der Waals surface area contributed by atoms with E-state index in [-0.39, 0.29) is 17.9 Å². The quantitative estimate of drug-likeness (QED) is 0.885. The lowest BCUT2D eigenvalue weighted by Gasteiger charge is -2.33. The van der Waals surface area contributed by atoms with Crippen LogP contribution in [0.5, 0.6) is 0 Å². The summed E-state index contributed by atoms with van der Waals surface area (Å²) in [7, 11) is 3.62. The number of aromatic carboxylic acids is 1. The van der Waals surface area contributed by atoms with Crippen LogP contribution in [-0.2, 0) is 17.6 Å². The van der Waals surface area contributed by atoms with Gasteiger partial charge in [0.1, 0.15) is 5.00 Å². The summed E-state index contributed by atoms with van der Waals surface area (Å²) in [6.07, 6.45) is 2.67. The van der Waals surface area contributed by atoms with Crippen LogP contribution in [0.4, 0.5) is 5.00 Å². The van der Waals surface area contributed by atoms with Crippen molar-refractivity contribution in [3.8, 4) is 0 Å². The van der Waals surface area contributed by atoms with Gasteiger partial charge in [-0.15, -0.1) is 11.3 Å². The van der Waals surface area contributed by atoms with Crippen molar-refractivity contribution < 1.29 is 14.7 Å². The van der Waals surface area contributed by atoms with Crippen molar-refractivity contribution in [2.24, 2.45) is 11.3 Å². The fourth-order valence-electron chi connectivity index (χ4n) is 3.09. The Morgan fingerprint density at radius 2 is 2.00 bits per heavy atom. The van der Waals surface area contributed by atoms with Crippen molar-refractivity contribution in [3.63, 3.8) is 0 Å². The van der Waals surface area contributed by atoms with E-state index in [9.17, 15) is 14.7 Å². The molecule has 1 heterocycles. The van der Waals surface area contributed by atoms with Gasteiger partial charge < -0.3 is 15.3 Å². The number of hydrogen-bond donors (Lipinski definition) is 2. The van der Waals surface area contributed by atoms with Gasteiger partial charge in [-0.1, -0.05) is 20.8 Å². The van der Waals surface area contributed by atoms with E-state index in [1.165, 1.54) is 11.3 Å². The van der Waals surface area contributed by atoms with Gasteiger partial charge in [0.15, 0.2) is 0 Å². The highest BCUT2D eigenvalue weighted by molar-refractivity contribution is 7.17. The Balaban J connectivity index is 2.30. The first kappa shape index (κ1) is 17.9. The van der Waals surface area contributed by atoms with E-state index in [1.807, 2.05) is 14.1 Å². The highest BCUT2D eigenvalue weighted by atomic mass is 32.1. The van der Waals surface area contributed by atoms with E-state index in [0.717, 1.165) is 29.7 Å². The van der Waals surface area contributed by atoms with E-state index >= 15 is 0 Å². The molecule has 128 valence electrons. The lowest BCUT2D eigenvalue weighted by molar-refractivity contribution is -0.116. The Labute approximate surface area is 141 Å². The lowest BCUT2D eigenvalue weighted by Crippen LogP contribution is -2.27. The number of hydrogen-bond acceptors (Lipinski definition) is 4. The summed E-state index contributed by atoms with van der Waals surface area (Å²) < 4.78 is 0. The smallest absolute Gasteiger partial charge is 0.339 e. The van der Waals surface area contributed by atoms with Crippen LogP contribution in [0.3, 0.4) is 0 Å². The molecule has 0 spiro atoms. The van der Waals surface area contributed by atoms with Gasteiger partial charge in [0.2, 0.25) is 5.91 Å². The summed E-state index contributed by atoms with van der Waals surface area (Å²) in [5.41, 5.74) is 1.42. The van der Waals surface area contributed by atoms with E-state index in [0.29, 0.717) is 16.5 Å². The van der Waals surface area contributed by atoms with Crippen molar-refractivity contribution in [3.05, 3.63) is 16.0 Å². The second-order valence-electron chi connectivity index (χ2n) is 7.60. The maximum absolute atomic E-state index is 12.0. The molecule has 1 aliphatic carbocycles. The van der Waals surface area contributed by atoms with Crippen molar-refractivity contribution >= 4 is 28.2 Å². The number of carboxylic acid groups (broad SMARTS) is 1. The maximum Gasteiger partial charge on any atom is 0.339 e. The number of fused-ring (bicyclic) bond motifs is 1. The number of carbonyl (C=O) groups is 2. The Morgan fingerprint density at radius 3 is 2.52 bits per heavy atom. The third kappa shape index (κ3) is 4.12. The molecule has 1 atom stereocenters. The molecule has 0 fully saturated rings. The number of carboxylic acids is 1. The summed E-state index contributed by atoms with van der Waals surface area (Å²) >= 11 is 1.43. The summed E-state index contributed by atoms with van der Waals surface area (Å²) in [5.74, 6) is -0.582. The van der Waals surface area contributed by atoms with Crippen LogP contribution >= 0.6 is 11.3 Å². The predicted octanol–water partition coefficient (Wildman–Crippen LogP) is 3.10. The fourth-order valence-corrected chi connectivity index (χ4v) is 4.43. The van der Waals surface area contributed by atoms with Crippen LogP contribution in [0.2, 0.25) is 0 Å². The third-order valence-electron chi connectivity index (χ3n) is 4.42. The molecule has 0 saturated carbocycles. The summed E-state index contributed by atoms with van der Waals surface area (Å²) in [5, 5.41) is 12.9. The van der Waals surface area contributed by atoms with Crippen LogP contribution in [0.1, 0.15) is 48.0 Å². The minimum absolute atomic E-state index is 0.177. The number of anilines is 1. The molecule has 1 aliphatic rings. The predicted molar refractivity (Wildman–Crippen MR) is 93.4 cm³/mol. The molecule has 0 bridgehead atoms. The van der Waals surface area contributed by atoms with Gasteiger partial charge in [0.05, 0.1) is 12.1 Å². The van der Waals surface area contributed by atoms with E-state index in [4.69, 9.17) is 0 Å². The number of nitrogens with zero attached hydrogens (tertiary/aromatic N) is 1. The van der Waals surface area contributed by atoms with Crippen LogP contribution in [0.15, 0.2) is 0 Å². The Morgan fingerprint density at radius 1 is 1.35 bits per heavy atom. The van der Waals surface area contributed by atoms with Gasteiger partial charge in [-0.2, -0.15) is 0 Å². The Bertz CT molecular complexity index is 614. The highest BCUT2D eigenvalue weighted by Gasteiger charge is 2.33. The van der Waals surface area contributed by atoms with Crippen molar-refractivity contribution in [2.45, 2.75) is 40.0 Å². The number of carbonyl (C=O) groups excluding carboxylic acids is 1. The summed E-state index contributed by atoms with van der Waals surface area (Å²) in [6.45, 7) is 6.93. The summed E-state index contributed by atoms with van der Waals surface area (Å²) in [4.78, 5) is 26.6. The SMILES string of the molecule is CN(C)CC(=O)Nc1sc2c(c1C(=O)O)CCC(C(C)(C)C)C2. The molecule has 0 aliphatic heterocycles. The van der Waals surface area contributed by atoms with Crippen molar-refractivity contribution in [1.82, 2.24) is 4.90 Å². The number of thiophene rings is 1. The molecule has 0 aromatic carbocycles. The van der Waals surface area contributed by atoms with Crippen molar-refractivity contribution in [2.75, 3.05) is 26.0 Å². The standard InChI is InChI=1S/C17H26N2O3S/c1-17(2,3)10-6-7-11-12(8-10)23-15(14(11)16(21)22)18-13(20)9-19(4)5/h10H,6-9H2,1-5H3,(H,18,20)(H,21,22). The number of nitrogens with one attached hydrogen (secondary N) is 1. The number of likely N-dealkylation sites (N-methyl/N-ethyl adjacent to an activating group) is 1. The van der Waals surface area contributed by atoms with E-state index in [2.05, 4.69) is 26.1 Å². The zero-order valence-electron chi connectivity index (χ0n) is 14.5. The molecular weight excluding hydrogens is 312 g/mol. The first-order chi connectivity index (χ1) is 10.6. The van der Waals surface area contributed by atoms with Gasteiger partial charge in [-0.25, -0.2) is 4.79 Å². The molecule has 2 N–H and O–H groups in total. The fraction of sp³-hybridized carbons (Fsp3) is 0.647. The molecule has 1 amide bonds. The average Bonchev–Trinajstić information content (AvgIpc) is 2.72. The van der Waals surface area contributed by atoms with Gasteiger partial charge in [-0.05, 0) is 50.3 Å². The normalized spacial score (nSPS) is 17.9. The second-order valence-corrected chi connectivity index (χ2v) is 8.71. The minimum Gasteiger partial charge on any atom is -0.478 e. The lowest BCUT2D eigenvalue weighted by atomic mass is 9.72. The van der Waals surface area contributed by atoms with Gasteiger partial charge >= 0.3 is 5.97 Å². The molecule has 0 radical (unpaired) electrons. The largest absolute Gasteiger partial charge is 0.478 e. The van der Waals surface area contributed by atoms with E-state index < -0.39 is 5.97 Å². The molecule has 23 heavy (non-hydrogen) atoms. The molecular formula is C17H26N2O3S. The maximum atomic E-state index is 12.0. The Kier molecular flexibility index (Phi) is 5.16. The van der Waals surface area contributed by atoms with Gasteiger partial charge in [0.25, 0.3) is 0 Å². The van der Waals surface area contributed by atoms with Crippen LogP contribution in [0.25, 0.3) is 0 Å². The molecule has 1 aromatic rings. The van der Waals surface area contributed by atoms with E-state index in [1.54, 1.807) is 4.90 Å². The first-order valence-electron chi connectivity index (χ1n) is 7.92. The third-order valence-corrected chi connectivity index (χ3v) is 5.59. The number of rotatable bonds is 4. The van der Waals surface area contributed by atoms with Crippen LogP contribution in [-0.4, -0.2) is 42.5 Å². The molecule has 5 nitrogen and oxygen atoms in total. The molecule has 6 heteroatoms. The second kappa shape index (κ2) is 6.61. The minimum atomic E-state index is -0.947. The monoisotopic (exact) mass is 338 g/mol. The summed E-state index contributed by atoms with van der Waals surface area (Å²) in [6, 6.07) is 0. The zero-order valence-corrected chi connectivity index (χ0v) is 15.3. The Hall–Kier alpha value is -1.40. The molecule has 0 saturated heterocycles. The van der Waals surface area contributed by atoms with Gasteiger partial charge in [-0.3, -0.25) is 4.79 Å². The topological polar surface area (TPSA) is 69.6 Å². The van der Waals surface area contributed by atoms with Crippen molar-refractivity contribution in [1.29, 1.82) is 0 Å². The molecule has 1 aromatic heterocycles. The highest BCUT2D eigenvalue weighted by Crippen LogP contribution is 2.44. The zero-order chi connectivity index (χ0) is 17.4.